The Morgan fingerprint density at radius 3 is 2.05 bits per heavy atom. The van der Waals surface area contributed by atoms with Crippen LogP contribution in [0.2, 0.25) is 0 Å². The zero-order chi connectivity index (χ0) is 16.1. The normalized spacial score (nSPS) is 54.8. The molecule has 10 nitrogen and oxygen atoms in total. The minimum Gasteiger partial charge on any atom is -0.394 e. The van der Waals surface area contributed by atoms with Crippen molar-refractivity contribution < 1.29 is 49.6 Å². The fraction of sp³-hybridized carbons (Fsp3) is 1.00. The maximum absolute atomic E-state index is 10.1. The second-order valence-corrected chi connectivity index (χ2v) is 5.71. The third-order valence-electron chi connectivity index (χ3n) is 4.41. The topological polar surface area (TPSA) is 158 Å². The van der Waals surface area contributed by atoms with Crippen molar-refractivity contribution in [2.24, 2.45) is 0 Å². The monoisotopic (exact) mass is 324 g/mol. The van der Waals surface area contributed by atoms with E-state index in [1.54, 1.807) is 0 Å². The summed E-state index contributed by atoms with van der Waals surface area (Å²) in [5.74, 6) is -3.49. The quantitative estimate of drug-likeness (QED) is 0.299. The van der Waals surface area contributed by atoms with Crippen molar-refractivity contribution in [1.29, 1.82) is 0 Å². The molecule has 128 valence electrons. The lowest BCUT2D eigenvalue weighted by atomic mass is 9.99. The van der Waals surface area contributed by atoms with Crippen LogP contribution < -0.4 is 0 Å². The van der Waals surface area contributed by atoms with E-state index in [-0.39, 0.29) is 0 Å². The zero-order valence-electron chi connectivity index (χ0n) is 11.6. The van der Waals surface area contributed by atoms with Gasteiger partial charge < -0.3 is 49.6 Å². The van der Waals surface area contributed by atoms with Crippen molar-refractivity contribution in [3.8, 4) is 0 Å². The largest absolute Gasteiger partial charge is 0.394 e. The third kappa shape index (κ3) is 2.12. The summed E-state index contributed by atoms with van der Waals surface area (Å²) in [7, 11) is 0. The molecule has 8 atom stereocenters. The fourth-order valence-corrected chi connectivity index (χ4v) is 3.13. The maximum Gasteiger partial charge on any atom is 0.222 e. The summed E-state index contributed by atoms with van der Waals surface area (Å²) >= 11 is 0. The Morgan fingerprint density at radius 2 is 1.50 bits per heavy atom. The van der Waals surface area contributed by atoms with Crippen LogP contribution in [0, 0.1) is 0 Å². The van der Waals surface area contributed by atoms with Crippen LogP contribution in [0.5, 0.6) is 0 Å². The van der Waals surface area contributed by atoms with Crippen LogP contribution in [0.4, 0.5) is 0 Å². The van der Waals surface area contributed by atoms with Crippen LogP contribution in [0.15, 0.2) is 0 Å². The number of hydrogen-bond acceptors (Lipinski definition) is 10. The molecule has 0 aromatic rings. The Labute approximate surface area is 125 Å². The summed E-state index contributed by atoms with van der Waals surface area (Å²) < 4.78 is 21.7. The highest BCUT2D eigenvalue weighted by atomic mass is 16.8. The first-order valence-corrected chi connectivity index (χ1v) is 6.97. The van der Waals surface area contributed by atoms with E-state index in [0.717, 1.165) is 0 Å². The van der Waals surface area contributed by atoms with Crippen molar-refractivity contribution in [3.63, 3.8) is 0 Å². The Hall–Kier alpha value is -0.400. The number of fused-ring (bicyclic) bond motifs is 1. The van der Waals surface area contributed by atoms with Crippen LogP contribution in [0.25, 0.3) is 0 Å². The van der Waals surface area contributed by atoms with Crippen LogP contribution >= 0.6 is 0 Å². The van der Waals surface area contributed by atoms with E-state index in [4.69, 9.17) is 24.1 Å². The van der Waals surface area contributed by atoms with Gasteiger partial charge >= 0.3 is 0 Å². The lowest BCUT2D eigenvalue weighted by Crippen LogP contribution is -2.65. The van der Waals surface area contributed by atoms with E-state index in [1.165, 1.54) is 0 Å². The van der Waals surface area contributed by atoms with Gasteiger partial charge in [0.15, 0.2) is 0 Å². The Bertz CT molecular complexity index is 421. The summed E-state index contributed by atoms with van der Waals surface area (Å²) in [6.07, 6.45) is -7.62. The molecule has 0 unspecified atom stereocenters. The highest BCUT2D eigenvalue weighted by Crippen LogP contribution is 2.45. The number of aliphatic hydroxyl groups excluding tert-OH is 6. The third-order valence-corrected chi connectivity index (χ3v) is 4.41. The van der Waals surface area contributed by atoms with Gasteiger partial charge in [-0.25, -0.2) is 0 Å². The zero-order valence-corrected chi connectivity index (χ0v) is 11.6. The maximum atomic E-state index is 10.1. The van der Waals surface area contributed by atoms with Gasteiger partial charge in [-0.2, -0.15) is 0 Å². The smallest absolute Gasteiger partial charge is 0.222 e. The van der Waals surface area contributed by atoms with Crippen molar-refractivity contribution in [2.45, 2.75) is 48.2 Å². The highest BCUT2D eigenvalue weighted by molar-refractivity contribution is 5.06. The van der Waals surface area contributed by atoms with Crippen molar-refractivity contribution in [3.05, 3.63) is 0 Å². The molecule has 3 aliphatic heterocycles. The molecule has 0 saturated carbocycles. The highest BCUT2D eigenvalue weighted by Gasteiger charge is 2.67. The summed E-state index contributed by atoms with van der Waals surface area (Å²) in [6.45, 7) is -2.12. The van der Waals surface area contributed by atoms with Crippen LogP contribution in [0.1, 0.15) is 0 Å². The molecular formula is C12H20O10. The Balaban J connectivity index is 1.86. The van der Waals surface area contributed by atoms with E-state index in [0.29, 0.717) is 0 Å². The van der Waals surface area contributed by atoms with Crippen molar-refractivity contribution >= 4 is 0 Å². The second-order valence-electron chi connectivity index (χ2n) is 5.71. The van der Waals surface area contributed by atoms with E-state index < -0.39 is 74.6 Å². The predicted octanol–water partition coefficient (Wildman–Crippen LogP) is -4.35. The van der Waals surface area contributed by atoms with E-state index in [9.17, 15) is 25.5 Å². The molecule has 6 N–H and O–H groups in total. The van der Waals surface area contributed by atoms with Crippen LogP contribution in [-0.4, -0.2) is 105 Å². The van der Waals surface area contributed by atoms with Gasteiger partial charge in [-0.05, 0) is 0 Å². The molecule has 3 heterocycles. The van der Waals surface area contributed by atoms with Crippen LogP contribution in [-0.2, 0) is 18.9 Å². The molecule has 0 aromatic carbocycles. The molecular weight excluding hydrogens is 304 g/mol. The van der Waals surface area contributed by atoms with Gasteiger partial charge in [0.25, 0.3) is 0 Å². The van der Waals surface area contributed by atoms with Crippen molar-refractivity contribution in [2.75, 3.05) is 26.4 Å². The van der Waals surface area contributed by atoms with E-state index in [1.807, 2.05) is 0 Å². The first kappa shape index (κ1) is 16.5. The van der Waals surface area contributed by atoms with Gasteiger partial charge in [-0.1, -0.05) is 0 Å². The second kappa shape index (κ2) is 5.60. The van der Waals surface area contributed by atoms with E-state index in [2.05, 4.69) is 0 Å². The Kier molecular flexibility index (Phi) is 4.19. The predicted molar refractivity (Wildman–Crippen MR) is 65.3 cm³/mol. The van der Waals surface area contributed by atoms with Gasteiger partial charge in [-0.3, -0.25) is 0 Å². The lowest BCUT2D eigenvalue weighted by molar-refractivity contribution is -0.411. The van der Waals surface area contributed by atoms with Gasteiger partial charge in [0.2, 0.25) is 11.6 Å². The van der Waals surface area contributed by atoms with E-state index >= 15 is 0 Å². The Morgan fingerprint density at radius 1 is 0.864 bits per heavy atom. The molecule has 3 fully saturated rings. The minimum absolute atomic E-state index is 0.399. The number of ether oxygens (including phenoxy) is 4. The number of aliphatic hydroxyl groups is 6. The number of rotatable bonds is 3. The van der Waals surface area contributed by atoms with Gasteiger partial charge in [0, 0.05) is 0 Å². The standard InChI is InChI=1S/C12H20O10/c13-1-5-7(16)9(18)12(21-5)4-19-11(3-15)10(22-12)8(17)6(2-14)20-11/h5-10,13-18H,1-4H2/t5-,6-,7-,8-,9+,10+,11+,12-/m1/s1. The summed E-state index contributed by atoms with van der Waals surface area (Å²) in [4.78, 5) is 0. The van der Waals surface area contributed by atoms with Crippen molar-refractivity contribution in [1.82, 2.24) is 0 Å². The molecule has 0 bridgehead atoms. The number of hydrogen-bond donors (Lipinski definition) is 6. The summed E-state index contributed by atoms with van der Waals surface area (Å²) in [5.41, 5.74) is 0. The molecule has 0 radical (unpaired) electrons. The van der Waals surface area contributed by atoms with Gasteiger partial charge in [0.05, 0.1) is 13.2 Å². The van der Waals surface area contributed by atoms with Crippen LogP contribution in [0.3, 0.4) is 0 Å². The first-order valence-electron chi connectivity index (χ1n) is 6.97. The van der Waals surface area contributed by atoms with Gasteiger partial charge in [-0.15, -0.1) is 0 Å². The minimum atomic E-state index is -1.80. The SMILES string of the molecule is OC[C@H]1O[C@@]2(CO[C@@]3(CO)O[C@H](CO)[C@@H](O)[C@@H]3O2)[C@@H](O)[C@@H]1O. The molecule has 22 heavy (non-hydrogen) atoms. The summed E-state index contributed by atoms with van der Waals surface area (Å²) in [5, 5.41) is 58.0. The fourth-order valence-electron chi connectivity index (χ4n) is 3.13. The molecule has 1 spiro atoms. The average molecular weight is 324 g/mol. The molecule has 10 heteroatoms. The molecule has 3 aliphatic rings. The molecule has 0 aromatic heterocycles. The lowest BCUT2D eigenvalue weighted by Gasteiger charge is -2.46. The molecule has 0 amide bonds. The van der Waals surface area contributed by atoms with Gasteiger partial charge in [0.1, 0.15) is 49.8 Å². The molecule has 0 aliphatic carbocycles. The first-order chi connectivity index (χ1) is 10.4. The molecule has 3 saturated heterocycles. The molecule has 3 rings (SSSR count). The summed E-state index contributed by atoms with van der Waals surface area (Å²) in [6, 6.07) is 0. The average Bonchev–Trinajstić information content (AvgIpc) is 2.95.